The van der Waals surface area contributed by atoms with Gasteiger partial charge in [0.25, 0.3) is 0 Å². The predicted octanol–water partition coefficient (Wildman–Crippen LogP) is -3.08. The molecule has 0 heterocycles. The van der Waals surface area contributed by atoms with Crippen molar-refractivity contribution in [2.45, 2.75) is 12.2 Å². The van der Waals surface area contributed by atoms with Gasteiger partial charge in [-0.25, -0.2) is 4.79 Å². The fourth-order valence-corrected chi connectivity index (χ4v) is 0.514. The Labute approximate surface area is 72.2 Å². The molecule has 7 heteroatoms. The lowest BCUT2D eigenvalue weighted by atomic mass is 10.1. The van der Waals surface area contributed by atoms with Crippen molar-refractivity contribution in [2.24, 2.45) is 0 Å². The SMILES string of the molecule is O=C(O)C(=O)C(=O)[C@@H](O)[C@H](O)CO. The van der Waals surface area contributed by atoms with Crippen LogP contribution >= 0.6 is 0 Å². The van der Waals surface area contributed by atoms with Crippen LogP contribution in [-0.2, 0) is 14.4 Å². The molecular weight excluding hydrogens is 184 g/mol. The Bertz CT molecular complexity index is 233. The zero-order valence-corrected chi connectivity index (χ0v) is 6.38. The molecule has 13 heavy (non-hydrogen) atoms. The summed E-state index contributed by atoms with van der Waals surface area (Å²) >= 11 is 0. The third kappa shape index (κ3) is 2.90. The van der Waals surface area contributed by atoms with Gasteiger partial charge in [0.15, 0.2) is 0 Å². The highest BCUT2D eigenvalue weighted by atomic mass is 16.4. The van der Waals surface area contributed by atoms with Crippen molar-refractivity contribution in [3.63, 3.8) is 0 Å². The smallest absolute Gasteiger partial charge is 0.380 e. The molecule has 0 aliphatic rings. The van der Waals surface area contributed by atoms with E-state index >= 15 is 0 Å². The second kappa shape index (κ2) is 4.65. The standard InChI is InChI=1S/C6H8O7/c7-1-2(8)3(9)4(10)5(11)6(12)13/h2-3,7-9H,1H2,(H,12,13)/t2-,3+/m1/s1. The molecule has 7 nitrogen and oxygen atoms in total. The third-order valence-corrected chi connectivity index (χ3v) is 1.24. The molecule has 0 rings (SSSR count). The van der Waals surface area contributed by atoms with Gasteiger partial charge >= 0.3 is 11.8 Å². The van der Waals surface area contributed by atoms with E-state index in [1.54, 1.807) is 0 Å². The minimum atomic E-state index is -2.20. The van der Waals surface area contributed by atoms with Gasteiger partial charge in [0.2, 0.25) is 5.78 Å². The van der Waals surface area contributed by atoms with Crippen LogP contribution in [0.4, 0.5) is 0 Å². The first kappa shape index (κ1) is 11.7. The first-order chi connectivity index (χ1) is 5.91. The van der Waals surface area contributed by atoms with E-state index in [1.165, 1.54) is 0 Å². The van der Waals surface area contributed by atoms with Crippen LogP contribution in [0.2, 0.25) is 0 Å². The second-order valence-electron chi connectivity index (χ2n) is 2.19. The summed E-state index contributed by atoms with van der Waals surface area (Å²) in [7, 11) is 0. The van der Waals surface area contributed by atoms with E-state index in [4.69, 9.17) is 20.4 Å². The van der Waals surface area contributed by atoms with Crippen molar-refractivity contribution in [1.29, 1.82) is 0 Å². The Hall–Kier alpha value is -1.31. The van der Waals surface area contributed by atoms with Gasteiger partial charge in [-0.1, -0.05) is 0 Å². The fourth-order valence-electron chi connectivity index (χ4n) is 0.514. The number of hydrogen-bond acceptors (Lipinski definition) is 6. The van der Waals surface area contributed by atoms with E-state index in [0.717, 1.165) is 0 Å². The molecule has 2 atom stereocenters. The molecule has 0 radical (unpaired) electrons. The molecule has 0 aromatic heterocycles. The molecular formula is C6H8O7. The Morgan fingerprint density at radius 1 is 1.15 bits per heavy atom. The van der Waals surface area contributed by atoms with Gasteiger partial charge in [-0.2, -0.15) is 0 Å². The van der Waals surface area contributed by atoms with Crippen LogP contribution < -0.4 is 0 Å². The summed E-state index contributed by atoms with van der Waals surface area (Å²) in [5, 5.41) is 33.7. The molecule has 0 aromatic carbocycles. The van der Waals surface area contributed by atoms with Crippen molar-refractivity contribution in [3.8, 4) is 0 Å². The van der Waals surface area contributed by atoms with Gasteiger partial charge in [0.05, 0.1) is 6.61 Å². The summed E-state index contributed by atoms with van der Waals surface area (Å²) in [4.78, 5) is 31.0. The third-order valence-electron chi connectivity index (χ3n) is 1.24. The highest BCUT2D eigenvalue weighted by Gasteiger charge is 2.32. The summed E-state index contributed by atoms with van der Waals surface area (Å²) in [6.07, 6.45) is -4.05. The number of rotatable bonds is 5. The average molecular weight is 192 g/mol. The number of ketones is 2. The maximum atomic E-state index is 10.6. The number of aliphatic carboxylic acids is 1. The Balaban J connectivity index is 4.43. The van der Waals surface area contributed by atoms with Crippen molar-refractivity contribution < 1.29 is 34.8 Å². The molecule has 0 fully saturated rings. The highest BCUT2D eigenvalue weighted by molar-refractivity contribution is 6.62. The van der Waals surface area contributed by atoms with Crippen LogP contribution in [-0.4, -0.2) is 56.8 Å². The Morgan fingerprint density at radius 3 is 1.92 bits per heavy atom. The van der Waals surface area contributed by atoms with Crippen LogP contribution in [0.15, 0.2) is 0 Å². The monoisotopic (exact) mass is 192 g/mol. The summed E-state index contributed by atoms with van der Waals surface area (Å²) < 4.78 is 0. The fraction of sp³-hybridized carbons (Fsp3) is 0.500. The number of hydrogen-bond donors (Lipinski definition) is 4. The predicted molar refractivity (Wildman–Crippen MR) is 36.7 cm³/mol. The van der Waals surface area contributed by atoms with E-state index in [9.17, 15) is 14.4 Å². The van der Waals surface area contributed by atoms with Crippen LogP contribution in [0.3, 0.4) is 0 Å². The molecule has 0 bridgehead atoms. The quantitative estimate of drug-likeness (QED) is 0.268. The van der Waals surface area contributed by atoms with Crippen molar-refractivity contribution in [2.75, 3.05) is 6.61 Å². The topological polar surface area (TPSA) is 132 Å². The molecule has 4 N–H and O–H groups in total. The van der Waals surface area contributed by atoms with E-state index in [2.05, 4.69) is 0 Å². The molecule has 0 saturated heterocycles. The first-order valence-electron chi connectivity index (χ1n) is 3.20. The van der Waals surface area contributed by atoms with Crippen LogP contribution in [0.25, 0.3) is 0 Å². The molecule has 0 saturated carbocycles. The number of aliphatic hydroxyl groups excluding tert-OH is 3. The highest BCUT2D eigenvalue weighted by Crippen LogP contribution is 1.95. The Morgan fingerprint density at radius 2 is 1.62 bits per heavy atom. The summed E-state index contributed by atoms with van der Waals surface area (Å²) in [6.45, 7) is -0.945. The van der Waals surface area contributed by atoms with Gasteiger partial charge < -0.3 is 20.4 Å². The second-order valence-corrected chi connectivity index (χ2v) is 2.19. The molecule has 74 valence electrons. The molecule has 0 spiro atoms. The van der Waals surface area contributed by atoms with Crippen LogP contribution in [0.1, 0.15) is 0 Å². The minimum absolute atomic E-state index is 0.945. The van der Waals surface area contributed by atoms with Crippen molar-refractivity contribution in [3.05, 3.63) is 0 Å². The summed E-state index contributed by atoms with van der Waals surface area (Å²) in [5.41, 5.74) is 0. The maximum absolute atomic E-state index is 10.6. The molecule has 0 aliphatic carbocycles. The van der Waals surface area contributed by atoms with E-state index in [-0.39, 0.29) is 0 Å². The van der Waals surface area contributed by atoms with Crippen LogP contribution in [0.5, 0.6) is 0 Å². The largest absolute Gasteiger partial charge is 0.475 e. The molecule has 0 aliphatic heterocycles. The zero-order chi connectivity index (χ0) is 10.6. The lowest BCUT2D eigenvalue weighted by Crippen LogP contribution is -2.42. The normalized spacial score (nSPS) is 14.7. The lowest BCUT2D eigenvalue weighted by Gasteiger charge is -2.11. The molecule has 0 amide bonds. The minimum Gasteiger partial charge on any atom is -0.475 e. The van der Waals surface area contributed by atoms with Crippen molar-refractivity contribution in [1.82, 2.24) is 0 Å². The molecule has 0 aromatic rings. The maximum Gasteiger partial charge on any atom is 0.380 e. The first-order valence-corrected chi connectivity index (χ1v) is 3.20. The van der Waals surface area contributed by atoms with Crippen LogP contribution in [0, 0.1) is 0 Å². The number of carbonyl (C=O) groups is 3. The van der Waals surface area contributed by atoms with E-state index in [1.807, 2.05) is 0 Å². The van der Waals surface area contributed by atoms with Gasteiger partial charge in [-0.05, 0) is 0 Å². The summed E-state index contributed by atoms with van der Waals surface area (Å²) in [5.74, 6) is -5.51. The number of Topliss-reactive ketones (excluding diaryl/α,β-unsaturated/α-hetero) is 2. The van der Waals surface area contributed by atoms with Gasteiger partial charge in [-0.15, -0.1) is 0 Å². The number of carboxylic acid groups (broad SMARTS) is 1. The lowest BCUT2D eigenvalue weighted by molar-refractivity contribution is -0.157. The zero-order valence-electron chi connectivity index (χ0n) is 6.38. The molecule has 0 unspecified atom stereocenters. The number of aliphatic hydroxyl groups is 3. The van der Waals surface area contributed by atoms with Gasteiger partial charge in [-0.3, -0.25) is 9.59 Å². The van der Waals surface area contributed by atoms with Crippen molar-refractivity contribution >= 4 is 17.5 Å². The van der Waals surface area contributed by atoms with E-state index < -0.39 is 36.4 Å². The van der Waals surface area contributed by atoms with Gasteiger partial charge in [0, 0.05) is 0 Å². The number of carbonyl (C=O) groups excluding carboxylic acids is 2. The van der Waals surface area contributed by atoms with Gasteiger partial charge in [0.1, 0.15) is 12.2 Å². The number of carboxylic acids is 1. The average Bonchev–Trinajstić information content (AvgIpc) is 2.12. The summed E-state index contributed by atoms with van der Waals surface area (Å²) in [6, 6.07) is 0. The van der Waals surface area contributed by atoms with E-state index in [0.29, 0.717) is 0 Å². The Kier molecular flexibility index (Phi) is 4.18.